The van der Waals surface area contributed by atoms with Gasteiger partial charge < -0.3 is 15.2 Å². The Morgan fingerprint density at radius 2 is 1.88 bits per heavy atom. The third-order valence-electron chi connectivity index (χ3n) is 3.04. The number of amides is 2. The fourth-order valence-corrected chi connectivity index (χ4v) is 1.95. The molecule has 0 saturated heterocycles. The molecule has 0 bridgehead atoms. The molecule has 0 heterocycles. The summed E-state index contributed by atoms with van der Waals surface area (Å²) in [5.74, 6) is -0.615. The van der Waals surface area contributed by atoms with Gasteiger partial charge in [0.15, 0.2) is 6.10 Å². The number of carboxylic acids is 1. The number of carbonyl (C=O) groups is 2. The Morgan fingerprint density at radius 1 is 1.20 bits per heavy atom. The number of benzene rings is 2. The van der Waals surface area contributed by atoms with Crippen molar-refractivity contribution in [2.75, 3.05) is 5.32 Å². The first-order chi connectivity index (χ1) is 12.0. The summed E-state index contributed by atoms with van der Waals surface area (Å²) in [6.45, 7) is 1.44. The molecule has 8 heteroatoms. The number of hydrogen-bond acceptors (Lipinski definition) is 4. The van der Waals surface area contributed by atoms with Crippen molar-refractivity contribution in [3.63, 3.8) is 0 Å². The number of carboxylic acid groups (broad SMARTS) is 1. The number of ether oxygens (including phenoxy) is 1. The molecule has 0 unspecified atom stereocenters. The van der Waals surface area contributed by atoms with E-state index in [-0.39, 0.29) is 0 Å². The number of nitrogens with zero attached hydrogens (tertiary/aromatic N) is 1. The van der Waals surface area contributed by atoms with Gasteiger partial charge in [-0.25, -0.2) is 15.0 Å². The van der Waals surface area contributed by atoms with E-state index in [1.807, 2.05) is 0 Å². The van der Waals surface area contributed by atoms with Gasteiger partial charge in [-0.15, -0.1) is 0 Å². The van der Waals surface area contributed by atoms with E-state index in [1.54, 1.807) is 48.5 Å². The molecule has 3 N–H and O–H groups in total. The van der Waals surface area contributed by atoms with E-state index in [9.17, 15) is 9.59 Å². The molecular formula is C17H16ClN3O4. The summed E-state index contributed by atoms with van der Waals surface area (Å²) >= 11 is 5.94. The lowest BCUT2D eigenvalue weighted by Gasteiger charge is -2.10. The molecule has 1 atom stereocenters. The number of para-hydroxylation sites is 1. The van der Waals surface area contributed by atoms with Crippen molar-refractivity contribution in [2.24, 2.45) is 5.10 Å². The van der Waals surface area contributed by atoms with Crippen molar-refractivity contribution < 1.29 is 19.4 Å². The van der Waals surface area contributed by atoms with Gasteiger partial charge in [-0.2, -0.15) is 5.10 Å². The van der Waals surface area contributed by atoms with Crippen molar-refractivity contribution in [2.45, 2.75) is 13.0 Å². The lowest BCUT2D eigenvalue weighted by Crippen LogP contribution is -2.24. The van der Waals surface area contributed by atoms with Crippen LogP contribution in [0.4, 0.5) is 10.5 Å². The summed E-state index contributed by atoms with van der Waals surface area (Å²) in [5, 5.41) is 15.6. The van der Waals surface area contributed by atoms with Gasteiger partial charge in [-0.1, -0.05) is 23.7 Å². The number of carbonyl (C=O) groups excluding carboxylic acids is 1. The highest BCUT2D eigenvalue weighted by Gasteiger charge is 2.11. The van der Waals surface area contributed by atoms with Gasteiger partial charge in [0.2, 0.25) is 0 Å². The number of nitrogens with one attached hydrogen (secondary N) is 2. The first-order valence-electron chi connectivity index (χ1n) is 7.30. The molecule has 0 aliphatic carbocycles. The first-order valence-corrected chi connectivity index (χ1v) is 7.67. The minimum atomic E-state index is -1.04. The summed E-state index contributed by atoms with van der Waals surface area (Å²) in [6, 6.07) is 12.9. The van der Waals surface area contributed by atoms with Gasteiger partial charge in [0.05, 0.1) is 16.9 Å². The van der Waals surface area contributed by atoms with Gasteiger partial charge in [-0.3, -0.25) is 0 Å². The van der Waals surface area contributed by atoms with Gasteiger partial charge in [0.25, 0.3) is 0 Å². The Hall–Kier alpha value is -3.06. The topological polar surface area (TPSA) is 100 Å². The van der Waals surface area contributed by atoms with Crippen LogP contribution in [0.25, 0.3) is 0 Å². The van der Waals surface area contributed by atoms with Crippen molar-refractivity contribution in [1.29, 1.82) is 0 Å². The van der Waals surface area contributed by atoms with Crippen LogP contribution in [-0.4, -0.2) is 29.4 Å². The first kappa shape index (κ1) is 18.3. The number of hydrogen-bond donors (Lipinski definition) is 3. The SMILES string of the molecule is C[C@@H](Oc1ccc(/C=N/NC(=O)Nc2ccccc2Cl)cc1)C(=O)O. The van der Waals surface area contributed by atoms with Crippen LogP contribution in [0.1, 0.15) is 12.5 Å². The smallest absolute Gasteiger partial charge is 0.344 e. The Bertz CT molecular complexity index is 778. The molecule has 2 rings (SSSR count). The second-order valence-electron chi connectivity index (χ2n) is 4.97. The van der Waals surface area contributed by atoms with Gasteiger partial charge >= 0.3 is 12.0 Å². The average Bonchev–Trinajstić information content (AvgIpc) is 2.58. The largest absolute Gasteiger partial charge is 0.479 e. The lowest BCUT2D eigenvalue weighted by atomic mass is 10.2. The van der Waals surface area contributed by atoms with Crippen LogP contribution in [0.3, 0.4) is 0 Å². The predicted molar refractivity (Wildman–Crippen MR) is 95.4 cm³/mol. The summed E-state index contributed by atoms with van der Waals surface area (Å²) in [7, 11) is 0. The van der Waals surface area contributed by atoms with Crippen molar-refractivity contribution in [3.8, 4) is 5.75 Å². The van der Waals surface area contributed by atoms with Crippen molar-refractivity contribution in [3.05, 3.63) is 59.1 Å². The maximum absolute atomic E-state index is 11.7. The highest BCUT2D eigenvalue weighted by atomic mass is 35.5. The molecule has 2 aromatic carbocycles. The molecule has 2 aromatic rings. The molecule has 25 heavy (non-hydrogen) atoms. The van der Waals surface area contributed by atoms with E-state index in [1.165, 1.54) is 13.1 Å². The molecule has 7 nitrogen and oxygen atoms in total. The number of aliphatic carboxylic acids is 1. The fraction of sp³-hybridized carbons (Fsp3) is 0.118. The number of hydrazone groups is 1. The van der Waals surface area contributed by atoms with Crippen molar-refractivity contribution >= 4 is 35.5 Å². The highest BCUT2D eigenvalue weighted by molar-refractivity contribution is 6.33. The second-order valence-corrected chi connectivity index (χ2v) is 5.38. The zero-order valence-corrected chi connectivity index (χ0v) is 14.0. The Morgan fingerprint density at radius 3 is 2.52 bits per heavy atom. The van der Waals surface area contributed by atoms with Crippen LogP contribution in [-0.2, 0) is 4.79 Å². The molecule has 0 aliphatic heterocycles. The van der Waals surface area contributed by atoms with E-state index in [2.05, 4.69) is 15.8 Å². The molecule has 0 spiro atoms. The Balaban J connectivity index is 1.86. The maximum Gasteiger partial charge on any atom is 0.344 e. The zero-order valence-electron chi connectivity index (χ0n) is 13.3. The van der Waals surface area contributed by atoms with Crippen LogP contribution < -0.4 is 15.5 Å². The number of rotatable bonds is 6. The van der Waals surface area contributed by atoms with E-state index in [4.69, 9.17) is 21.4 Å². The fourth-order valence-electron chi connectivity index (χ4n) is 1.77. The van der Waals surface area contributed by atoms with Crippen LogP contribution >= 0.6 is 11.6 Å². The van der Waals surface area contributed by atoms with Gasteiger partial charge in [0.1, 0.15) is 5.75 Å². The Kier molecular flexibility index (Phi) is 6.36. The molecule has 0 fully saturated rings. The van der Waals surface area contributed by atoms with Crippen LogP contribution in [0.15, 0.2) is 53.6 Å². The molecule has 0 radical (unpaired) electrons. The summed E-state index contributed by atoms with van der Waals surface area (Å²) in [4.78, 5) is 22.5. The van der Waals surface area contributed by atoms with Crippen LogP contribution in [0.5, 0.6) is 5.75 Å². The third-order valence-corrected chi connectivity index (χ3v) is 3.37. The quantitative estimate of drug-likeness (QED) is 0.542. The lowest BCUT2D eigenvalue weighted by molar-refractivity contribution is -0.144. The number of anilines is 1. The minimum Gasteiger partial charge on any atom is -0.479 e. The summed E-state index contributed by atoms with van der Waals surface area (Å²) in [5.41, 5.74) is 3.50. The number of halogens is 1. The van der Waals surface area contributed by atoms with E-state index in [0.29, 0.717) is 22.0 Å². The molecule has 130 valence electrons. The standard InChI is InChI=1S/C17H16ClN3O4/c1-11(16(22)23)25-13-8-6-12(7-9-13)10-19-21-17(24)20-15-5-3-2-4-14(15)18/h2-11H,1H3,(H,22,23)(H2,20,21,24)/b19-10+/t11-/m1/s1. The highest BCUT2D eigenvalue weighted by Crippen LogP contribution is 2.20. The van der Waals surface area contributed by atoms with E-state index < -0.39 is 18.1 Å². The van der Waals surface area contributed by atoms with Crippen LogP contribution in [0, 0.1) is 0 Å². The van der Waals surface area contributed by atoms with E-state index >= 15 is 0 Å². The normalized spacial score (nSPS) is 11.8. The summed E-state index contributed by atoms with van der Waals surface area (Å²) < 4.78 is 5.21. The van der Waals surface area contributed by atoms with Gasteiger partial charge in [-0.05, 0) is 48.9 Å². The van der Waals surface area contributed by atoms with Crippen molar-refractivity contribution in [1.82, 2.24) is 5.43 Å². The molecule has 2 amide bonds. The minimum absolute atomic E-state index is 0.424. The second kappa shape index (κ2) is 8.70. The van der Waals surface area contributed by atoms with E-state index in [0.717, 1.165) is 0 Å². The molecular weight excluding hydrogens is 346 g/mol. The zero-order chi connectivity index (χ0) is 18.2. The monoisotopic (exact) mass is 361 g/mol. The Labute approximate surface area is 149 Å². The number of urea groups is 1. The molecule has 0 aliphatic rings. The molecule has 0 aromatic heterocycles. The average molecular weight is 362 g/mol. The maximum atomic E-state index is 11.7. The summed E-state index contributed by atoms with van der Waals surface area (Å²) in [6.07, 6.45) is 0.506. The molecule has 0 saturated carbocycles. The third kappa shape index (κ3) is 5.82. The van der Waals surface area contributed by atoms with Gasteiger partial charge in [0, 0.05) is 0 Å². The van der Waals surface area contributed by atoms with Crippen LogP contribution in [0.2, 0.25) is 5.02 Å². The predicted octanol–water partition coefficient (Wildman–Crippen LogP) is 3.35.